The third-order valence-corrected chi connectivity index (χ3v) is 7.52. The van der Waals surface area contributed by atoms with Crippen LogP contribution in [0, 0.1) is 0 Å². The van der Waals surface area contributed by atoms with Gasteiger partial charge >= 0.3 is 6.09 Å². The number of likely N-dealkylation sites (tertiary alicyclic amines) is 1. The molecule has 0 aliphatic carbocycles. The summed E-state index contributed by atoms with van der Waals surface area (Å²) in [7, 11) is 3.02. The predicted octanol–water partition coefficient (Wildman–Crippen LogP) is 5.79. The predicted molar refractivity (Wildman–Crippen MR) is 160 cm³/mol. The van der Waals surface area contributed by atoms with Gasteiger partial charge in [-0.15, -0.1) is 6.58 Å². The van der Waals surface area contributed by atoms with Crippen LogP contribution >= 0.6 is 0 Å². The van der Waals surface area contributed by atoms with E-state index in [1.807, 2.05) is 48.5 Å². The first-order valence-corrected chi connectivity index (χ1v) is 14.4. The summed E-state index contributed by atoms with van der Waals surface area (Å²) in [6.07, 6.45) is 4.24. The van der Waals surface area contributed by atoms with E-state index in [9.17, 15) is 14.7 Å². The fourth-order valence-corrected chi connectivity index (χ4v) is 5.35. The number of amides is 2. The van der Waals surface area contributed by atoms with Crippen LogP contribution in [0.1, 0.15) is 64.9 Å². The maximum Gasteiger partial charge on any atom is 0.408 e. The van der Waals surface area contributed by atoms with E-state index in [4.69, 9.17) is 14.2 Å². The number of rotatable bonds is 13. The Balaban J connectivity index is 1.88. The molecule has 1 aliphatic rings. The second-order valence-corrected chi connectivity index (χ2v) is 11.6. The van der Waals surface area contributed by atoms with Gasteiger partial charge in [-0.1, -0.05) is 73.5 Å². The zero-order valence-electron chi connectivity index (χ0n) is 25.1. The molecule has 0 saturated carbocycles. The molecule has 0 aromatic heterocycles. The van der Waals surface area contributed by atoms with Gasteiger partial charge in [0.25, 0.3) is 0 Å². The lowest BCUT2D eigenvalue weighted by atomic mass is 9.89. The fraction of sp³-hybridized carbons (Fsp3) is 0.515. The van der Waals surface area contributed by atoms with E-state index in [0.29, 0.717) is 12.8 Å². The number of alkyl carbamates (subject to hydrolysis) is 1. The first-order chi connectivity index (χ1) is 19.5. The number of aliphatic hydroxyl groups is 1. The summed E-state index contributed by atoms with van der Waals surface area (Å²) in [5.74, 6) is -0.305. The van der Waals surface area contributed by atoms with Crippen LogP contribution in [0.2, 0.25) is 0 Å². The quantitative estimate of drug-likeness (QED) is 0.181. The van der Waals surface area contributed by atoms with E-state index in [0.717, 1.165) is 42.4 Å². The number of unbranched alkanes of at least 4 members (excludes halogenated alkanes) is 3. The van der Waals surface area contributed by atoms with Gasteiger partial charge in [-0.05, 0) is 56.7 Å². The van der Waals surface area contributed by atoms with Gasteiger partial charge in [-0.3, -0.25) is 4.79 Å². The molecule has 2 aromatic rings. The minimum absolute atomic E-state index is 0.196. The molecule has 8 nitrogen and oxygen atoms in total. The third kappa shape index (κ3) is 8.64. The molecule has 2 N–H and O–H groups in total. The number of nitrogens with zero attached hydrogens (tertiary/aromatic N) is 1. The van der Waals surface area contributed by atoms with Crippen LogP contribution in [0.3, 0.4) is 0 Å². The number of hydrogen-bond donors (Lipinski definition) is 2. The topological polar surface area (TPSA) is 97.3 Å². The Morgan fingerprint density at radius 2 is 1.73 bits per heavy atom. The second-order valence-electron chi connectivity index (χ2n) is 11.6. The first-order valence-electron chi connectivity index (χ1n) is 14.4. The summed E-state index contributed by atoms with van der Waals surface area (Å²) in [5, 5.41) is 13.6. The highest BCUT2D eigenvalue weighted by Gasteiger charge is 2.51. The molecule has 41 heavy (non-hydrogen) atoms. The van der Waals surface area contributed by atoms with E-state index < -0.39 is 35.7 Å². The largest absolute Gasteiger partial charge is 0.444 e. The summed E-state index contributed by atoms with van der Waals surface area (Å²) in [5.41, 5.74) is 1.49. The van der Waals surface area contributed by atoms with Gasteiger partial charge in [0, 0.05) is 20.6 Å². The Morgan fingerprint density at radius 3 is 2.32 bits per heavy atom. The van der Waals surface area contributed by atoms with Crippen molar-refractivity contribution in [3.8, 4) is 11.1 Å². The van der Waals surface area contributed by atoms with Crippen molar-refractivity contribution >= 4 is 12.0 Å². The molecule has 0 spiro atoms. The number of allylic oxidation sites excluding steroid dienone is 1. The van der Waals surface area contributed by atoms with Gasteiger partial charge < -0.3 is 29.5 Å². The lowest BCUT2D eigenvalue weighted by Gasteiger charge is -2.32. The van der Waals surface area contributed by atoms with Gasteiger partial charge in [0.1, 0.15) is 17.2 Å². The molecule has 2 amide bonds. The molecule has 8 heteroatoms. The number of aliphatic hydroxyl groups excluding tert-OH is 1. The number of ether oxygens (including phenoxy) is 3. The number of carbonyl (C=O) groups is 2. The van der Waals surface area contributed by atoms with Gasteiger partial charge in [-0.25, -0.2) is 4.79 Å². The van der Waals surface area contributed by atoms with E-state index in [1.54, 1.807) is 32.8 Å². The van der Waals surface area contributed by atoms with Crippen molar-refractivity contribution in [2.24, 2.45) is 0 Å². The Morgan fingerprint density at radius 1 is 1.07 bits per heavy atom. The molecule has 3 rings (SSSR count). The lowest BCUT2D eigenvalue weighted by Crippen LogP contribution is -2.53. The highest BCUT2D eigenvalue weighted by molar-refractivity contribution is 5.86. The van der Waals surface area contributed by atoms with Crippen molar-refractivity contribution in [3.63, 3.8) is 0 Å². The third-order valence-electron chi connectivity index (χ3n) is 7.52. The Hall–Kier alpha value is -3.20. The summed E-state index contributed by atoms with van der Waals surface area (Å²) in [6, 6.07) is 16.7. The number of nitrogens with one attached hydrogen (secondary N) is 1. The van der Waals surface area contributed by atoms with E-state index in [2.05, 4.69) is 24.0 Å². The molecule has 224 valence electrons. The zero-order chi connectivity index (χ0) is 30.0. The molecule has 1 aliphatic heterocycles. The van der Waals surface area contributed by atoms with E-state index in [1.165, 1.54) is 7.11 Å². The minimum Gasteiger partial charge on any atom is -0.444 e. The van der Waals surface area contributed by atoms with Crippen molar-refractivity contribution in [3.05, 3.63) is 72.8 Å². The van der Waals surface area contributed by atoms with Crippen LogP contribution in [0.15, 0.2) is 67.3 Å². The van der Waals surface area contributed by atoms with Crippen LogP contribution in [0.25, 0.3) is 11.1 Å². The average Bonchev–Trinajstić information content (AvgIpc) is 3.36. The van der Waals surface area contributed by atoms with Crippen LogP contribution in [-0.2, 0) is 24.6 Å². The zero-order valence-corrected chi connectivity index (χ0v) is 25.1. The Labute approximate surface area is 244 Å². The smallest absolute Gasteiger partial charge is 0.408 e. The lowest BCUT2D eigenvalue weighted by molar-refractivity contribution is -0.150. The SMILES string of the molecule is C=CCCCCC[C@H](NC(=O)OC(C)(C)C)C(=O)N1C[C@](OC)(c2ccc(-c3ccccc3)cc2)C[C@H]1[C@H](O)OC. The molecule has 1 heterocycles. The van der Waals surface area contributed by atoms with Gasteiger partial charge in [0.2, 0.25) is 5.91 Å². The normalized spacial score (nSPS) is 20.3. The Bertz CT molecular complexity index is 1130. The fourth-order valence-electron chi connectivity index (χ4n) is 5.35. The monoisotopic (exact) mass is 566 g/mol. The van der Waals surface area contributed by atoms with E-state index >= 15 is 0 Å². The van der Waals surface area contributed by atoms with Crippen LogP contribution in [0.5, 0.6) is 0 Å². The second kappa shape index (κ2) is 14.6. The molecule has 2 aromatic carbocycles. The van der Waals surface area contributed by atoms with Gasteiger partial charge in [0.15, 0.2) is 6.29 Å². The van der Waals surface area contributed by atoms with Crippen LogP contribution < -0.4 is 5.32 Å². The van der Waals surface area contributed by atoms with Gasteiger partial charge in [0.05, 0.1) is 12.6 Å². The molecule has 0 bridgehead atoms. The summed E-state index contributed by atoms with van der Waals surface area (Å²) < 4.78 is 16.9. The summed E-state index contributed by atoms with van der Waals surface area (Å²) in [6.45, 7) is 9.29. The number of methoxy groups -OCH3 is 2. The molecule has 1 fully saturated rings. The van der Waals surface area contributed by atoms with Gasteiger partial charge in [-0.2, -0.15) is 0 Å². The highest BCUT2D eigenvalue weighted by atomic mass is 16.6. The maximum absolute atomic E-state index is 14.1. The van der Waals surface area contributed by atoms with Crippen molar-refractivity contribution in [2.45, 2.75) is 88.9 Å². The maximum atomic E-state index is 14.1. The van der Waals surface area contributed by atoms with E-state index in [-0.39, 0.29) is 12.5 Å². The summed E-state index contributed by atoms with van der Waals surface area (Å²) in [4.78, 5) is 28.4. The molecule has 0 unspecified atom stereocenters. The number of hydrogen-bond acceptors (Lipinski definition) is 6. The average molecular weight is 567 g/mol. The number of carbonyl (C=O) groups excluding carboxylic acids is 2. The molecular formula is C33H46N2O6. The highest BCUT2D eigenvalue weighted by Crippen LogP contribution is 2.41. The van der Waals surface area contributed by atoms with Crippen molar-refractivity contribution < 1.29 is 28.9 Å². The van der Waals surface area contributed by atoms with Crippen molar-refractivity contribution in [2.75, 3.05) is 20.8 Å². The Kier molecular flexibility index (Phi) is 11.5. The molecule has 1 saturated heterocycles. The minimum atomic E-state index is -1.23. The summed E-state index contributed by atoms with van der Waals surface area (Å²) >= 11 is 0. The standard InChI is InChI=1S/C33H46N2O6/c1-7-8-9-10-14-17-27(34-31(38)41-32(2,3)4)29(36)35-23-33(40-6,22-28(35)30(37)39-5)26-20-18-25(19-21-26)24-15-12-11-13-16-24/h7,11-13,15-16,18-21,27-28,30,37H,1,8-10,14,17,22-23H2,2-6H3,(H,34,38)/t27-,28-,30+,33-/m0/s1. The molecule has 4 atom stereocenters. The van der Waals surface area contributed by atoms with Crippen LogP contribution in [-0.4, -0.2) is 66.7 Å². The van der Waals surface area contributed by atoms with Crippen molar-refractivity contribution in [1.29, 1.82) is 0 Å². The molecular weight excluding hydrogens is 520 g/mol. The first kappa shape index (κ1) is 32.3. The van der Waals surface area contributed by atoms with Crippen LogP contribution in [0.4, 0.5) is 4.79 Å². The molecule has 0 radical (unpaired) electrons. The van der Waals surface area contributed by atoms with Crippen molar-refractivity contribution in [1.82, 2.24) is 10.2 Å². The number of benzene rings is 2.